The second-order valence-corrected chi connectivity index (χ2v) is 3.62. The number of aryl methyl sites for hydroxylation is 1. The molecule has 1 aromatic carbocycles. The van der Waals surface area contributed by atoms with Crippen molar-refractivity contribution < 1.29 is 4.79 Å². The van der Waals surface area contributed by atoms with Crippen molar-refractivity contribution in [1.82, 2.24) is 0 Å². The number of fused-ring (bicyclic) bond motifs is 1. The van der Waals surface area contributed by atoms with E-state index in [0.717, 1.165) is 16.6 Å². The number of carbonyl (C=O) groups is 1. The van der Waals surface area contributed by atoms with Gasteiger partial charge in [0.25, 0.3) is 0 Å². The van der Waals surface area contributed by atoms with Crippen molar-refractivity contribution in [1.29, 1.82) is 0 Å². The zero-order valence-electron chi connectivity index (χ0n) is 6.36. The molecular formula is C9H7BrNO. The van der Waals surface area contributed by atoms with Gasteiger partial charge in [-0.2, -0.15) is 0 Å². The summed E-state index contributed by atoms with van der Waals surface area (Å²) >= 11 is 3.34. The number of carbonyl (C=O) groups excluding carboxylic acids is 1. The Balaban J connectivity index is 2.43. The van der Waals surface area contributed by atoms with Gasteiger partial charge in [-0.1, -0.05) is 15.9 Å². The van der Waals surface area contributed by atoms with E-state index in [2.05, 4.69) is 27.3 Å². The van der Waals surface area contributed by atoms with Crippen molar-refractivity contribution in [2.45, 2.75) is 12.8 Å². The van der Waals surface area contributed by atoms with Crippen LogP contribution in [0.25, 0.3) is 0 Å². The highest BCUT2D eigenvalue weighted by atomic mass is 79.9. The molecule has 0 fully saturated rings. The van der Waals surface area contributed by atoms with Crippen LogP contribution in [-0.4, -0.2) is 5.91 Å². The molecule has 0 bridgehead atoms. The number of nitrogens with one attached hydrogen (secondary N) is 1. The Labute approximate surface area is 79.1 Å². The lowest BCUT2D eigenvalue weighted by atomic mass is 10.0. The normalized spacial score (nSPS) is 15.2. The van der Waals surface area contributed by atoms with Crippen molar-refractivity contribution in [3.63, 3.8) is 0 Å². The highest BCUT2D eigenvalue weighted by Crippen LogP contribution is 2.24. The van der Waals surface area contributed by atoms with Crippen LogP contribution in [0.5, 0.6) is 0 Å². The standard InChI is InChI=1S/C9H7BrNO/c10-7-2-3-8-6(5-7)1-4-9(12)11-8/h3,5H,1,4H2,(H,11,12). The average molecular weight is 225 g/mol. The lowest BCUT2D eigenvalue weighted by molar-refractivity contribution is -0.116. The molecule has 0 aliphatic carbocycles. The zero-order valence-corrected chi connectivity index (χ0v) is 7.94. The van der Waals surface area contributed by atoms with Crippen LogP contribution in [0, 0.1) is 6.07 Å². The molecule has 2 rings (SSSR count). The molecular weight excluding hydrogens is 218 g/mol. The molecule has 61 valence electrons. The molecule has 0 saturated carbocycles. The summed E-state index contributed by atoms with van der Waals surface area (Å²) in [5.74, 6) is 0.0956. The van der Waals surface area contributed by atoms with Gasteiger partial charge in [-0.15, -0.1) is 0 Å². The number of amides is 1. The minimum Gasteiger partial charge on any atom is -0.326 e. The predicted molar refractivity (Wildman–Crippen MR) is 49.9 cm³/mol. The Kier molecular flexibility index (Phi) is 1.89. The quantitative estimate of drug-likeness (QED) is 0.719. The number of rotatable bonds is 0. The highest BCUT2D eigenvalue weighted by Gasteiger charge is 2.13. The van der Waals surface area contributed by atoms with Crippen LogP contribution in [-0.2, 0) is 11.2 Å². The Morgan fingerprint density at radius 1 is 1.50 bits per heavy atom. The smallest absolute Gasteiger partial charge is 0.224 e. The summed E-state index contributed by atoms with van der Waals surface area (Å²) in [6.07, 6.45) is 1.41. The molecule has 12 heavy (non-hydrogen) atoms. The Morgan fingerprint density at radius 2 is 2.33 bits per heavy atom. The van der Waals surface area contributed by atoms with Gasteiger partial charge in [0.05, 0.1) is 0 Å². The van der Waals surface area contributed by atoms with Crippen molar-refractivity contribution >= 4 is 27.5 Å². The summed E-state index contributed by atoms with van der Waals surface area (Å²) in [6, 6.07) is 6.78. The Bertz CT molecular complexity index is 335. The summed E-state index contributed by atoms with van der Waals surface area (Å²) in [6.45, 7) is 0. The van der Waals surface area contributed by atoms with Crippen molar-refractivity contribution in [3.05, 3.63) is 28.2 Å². The van der Waals surface area contributed by atoms with Crippen molar-refractivity contribution in [2.75, 3.05) is 5.32 Å². The zero-order chi connectivity index (χ0) is 8.55. The van der Waals surface area contributed by atoms with Gasteiger partial charge in [-0.05, 0) is 30.2 Å². The van der Waals surface area contributed by atoms with Crippen molar-refractivity contribution in [3.8, 4) is 0 Å². The fourth-order valence-electron chi connectivity index (χ4n) is 1.29. The predicted octanol–water partition coefficient (Wildman–Crippen LogP) is 2.13. The maximum Gasteiger partial charge on any atom is 0.224 e. The van der Waals surface area contributed by atoms with E-state index in [1.807, 2.05) is 6.07 Å². The third kappa shape index (κ3) is 1.37. The van der Waals surface area contributed by atoms with Crippen molar-refractivity contribution in [2.24, 2.45) is 0 Å². The van der Waals surface area contributed by atoms with E-state index in [9.17, 15) is 4.79 Å². The maximum absolute atomic E-state index is 11.0. The summed E-state index contributed by atoms with van der Waals surface area (Å²) in [5.41, 5.74) is 2.08. The summed E-state index contributed by atoms with van der Waals surface area (Å²) in [5, 5.41) is 2.80. The van der Waals surface area contributed by atoms with Gasteiger partial charge in [0, 0.05) is 16.6 Å². The maximum atomic E-state index is 11.0. The van der Waals surface area contributed by atoms with Gasteiger partial charge in [0.1, 0.15) is 0 Å². The number of anilines is 1. The molecule has 3 heteroatoms. The molecule has 0 unspecified atom stereocenters. The Hall–Kier alpha value is -0.830. The SMILES string of the molecule is O=C1CCc2cc(Br)[c]cc2N1. The van der Waals surface area contributed by atoms with E-state index in [-0.39, 0.29) is 5.91 Å². The molecule has 1 amide bonds. The van der Waals surface area contributed by atoms with Crippen LogP contribution >= 0.6 is 15.9 Å². The second kappa shape index (κ2) is 2.90. The van der Waals surface area contributed by atoms with Gasteiger partial charge >= 0.3 is 0 Å². The molecule has 1 aliphatic heterocycles. The first-order valence-corrected chi connectivity index (χ1v) is 4.55. The Morgan fingerprint density at radius 3 is 3.17 bits per heavy atom. The molecule has 0 spiro atoms. The topological polar surface area (TPSA) is 29.1 Å². The van der Waals surface area contributed by atoms with Crippen LogP contribution in [0.1, 0.15) is 12.0 Å². The molecule has 1 aromatic rings. The lowest BCUT2D eigenvalue weighted by Crippen LogP contribution is -2.18. The summed E-state index contributed by atoms with van der Waals surface area (Å²) in [4.78, 5) is 11.0. The number of hydrogen-bond donors (Lipinski definition) is 1. The largest absolute Gasteiger partial charge is 0.326 e. The molecule has 2 nitrogen and oxygen atoms in total. The fraction of sp³-hybridized carbons (Fsp3) is 0.222. The molecule has 1 heterocycles. The first kappa shape index (κ1) is 7.80. The van der Waals surface area contributed by atoms with E-state index in [1.165, 1.54) is 5.56 Å². The van der Waals surface area contributed by atoms with E-state index < -0.39 is 0 Å². The first-order valence-electron chi connectivity index (χ1n) is 3.75. The van der Waals surface area contributed by atoms with Gasteiger partial charge in [-0.3, -0.25) is 4.79 Å². The van der Waals surface area contributed by atoms with Gasteiger partial charge in [0.15, 0.2) is 0 Å². The van der Waals surface area contributed by atoms with Crippen LogP contribution in [0.15, 0.2) is 16.6 Å². The molecule has 0 aromatic heterocycles. The van der Waals surface area contributed by atoms with Crippen LogP contribution in [0.4, 0.5) is 5.69 Å². The summed E-state index contributed by atoms with van der Waals surface area (Å²) < 4.78 is 0.942. The number of halogens is 1. The number of benzene rings is 1. The third-order valence-corrected chi connectivity index (χ3v) is 2.35. The van der Waals surface area contributed by atoms with Crippen LogP contribution in [0.3, 0.4) is 0 Å². The average Bonchev–Trinajstić information content (AvgIpc) is 2.05. The van der Waals surface area contributed by atoms with E-state index in [4.69, 9.17) is 0 Å². The molecule has 0 saturated heterocycles. The van der Waals surface area contributed by atoms with E-state index in [1.54, 1.807) is 6.07 Å². The molecule has 0 atom stereocenters. The third-order valence-electron chi connectivity index (χ3n) is 1.90. The molecule has 1 aliphatic rings. The van der Waals surface area contributed by atoms with Crippen LogP contribution in [0.2, 0.25) is 0 Å². The van der Waals surface area contributed by atoms with E-state index >= 15 is 0 Å². The first-order chi connectivity index (χ1) is 5.75. The molecule has 1 N–H and O–H groups in total. The number of hydrogen-bond acceptors (Lipinski definition) is 1. The minimum atomic E-state index is 0.0956. The second-order valence-electron chi connectivity index (χ2n) is 2.77. The molecule has 1 radical (unpaired) electrons. The van der Waals surface area contributed by atoms with E-state index in [0.29, 0.717) is 6.42 Å². The summed E-state index contributed by atoms with van der Waals surface area (Å²) in [7, 11) is 0. The highest BCUT2D eigenvalue weighted by molar-refractivity contribution is 9.10. The van der Waals surface area contributed by atoms with Crippen LogP contribution < -0.4 is 5.32 Å². The van der Waals surface area contributed by atoms with Gasteiger partial charge < -0.3 is 5.32 Å². The van der Waals surface area contributed by atoms with Gasteiger partial charge in [-0.25, -0.2) is 0 Å². The monoisotopic (exact) mass is 224 g/mol. The minimum absolute atomic E-state index is 0.0956. The lowest BCUT2D eigenvalue weighted by Gasteiger charge is -2.16. The van der Waals surface area contributed by atoms with Gasteiger partial charge in [0.2, 0.25) is 5.91 Å². The fourth-order valence-corrected chi connectivity index (χ4v) is 1.68.